The van der Waals surface area contributed by atoms with E-state index >= 15 is 0 Å². The Labute approximate surface area is 87.1 Å². The van der Waals surface area contributed by atoms with Gasteiger partial charge in [0.15, 0.2) is 0 Å². The van der Waals surface area contributed by atoms with Gasteiger partial charge in [-0.1, -0.05) is 20.3 Å². The molecule has 1 aliphatic rings. The maximum Gasteiger partial charge on any atom is 0.00853 e. The van der Waals surface area contributed by atoms with Gasteiger partial charge >= 0.3 is 0 Å². The Bertz CT molecular complexity index is 119. The number of hydrogen-bond acceptors (Lipinski definition) is 2. The van der Waals surface area contributed by atoms with Crippen molar-refractivity contribution in [1.82, 2.24) is 5.32 Å². The topological polar surface area (TPSA) is 12.0 Å². The van der Waals surface area contributed by atoms with Crippen molar-refractivity contribution in [3.63, 3.8) is 0 Å². The van der Waals surface area contributed by atoms with Crippen LogP contribution in [0, 0.1) is 0 Å². The molecule has 1 aliphatic heterocycles. The van der Waals surface area contributed by atoms with Gasteiger partial charge in [-0.05, 0) is 37.2 Å². The van der Waals surface area contributed by atoms with Crippen LogP contribution in [0.15, 0.2) is 0 Å². The number of nitrogens with one attached hydrogen (secondary N) is 1. The van der Waals surface area contributed by atoms with Crippen LogP contribution in [0.25, 0.3) is 0 Å². The SMILES string of the molecule is CCCC(CC)NC1CCSCC1. The van der Waals surface area contributed by atoms with Crippen LogP contribution in [0.4, 0.5) is 0 Å². The zero-order valence-corrected chi connectivity index (χ0v) is 9.83. The molecule has 78 valence electrons. The molecule has 1 saturated heterocycles. The molecule has 0 aromatic heterocycles. The third-order valence-electron chi connectivity index (χ3n) is 2.82. The summed E-state index contributed by atoms with van der Waals surface area (Å²) >= 11 is 2.11. The van der Waals surface area contributed by atoms with E-state index < -0.39 is 0 Å². The van der Waals surface area contributed by atoms with Gasteiger partial charge in [0.05, 0.1) is 0 Å². The van der Waals surface area contributed by atoms with Crippen molar-refractivity contribution in [2.24, 2.45) is 0 Å². The monoisotopic (exact) mass is 201 g/mol. The molecular formula is C11H23NS. The molecule has 0 aliphatic carbocycles. The lowest BCUT2D eigenvalue weighted by molar-refractivity contribution is 0.379. The Morgan fingerprint density at radius 2 is 2.00 bits per heavy atom. The van der Waals surface area contributed by atoms with Crippen LogP contribution in [-0.4, -0.2) is 23.6 Å². The molecule has 1 fully saturated rings. The molecule has 13 heavy (non-hydrogen) atoms. The smallest absolute Gasteiger partial charge is 0.00853 e. The summed E-state index contributed by atoms with van der Waals surface area (Å²) in [6, 6.07) is 1.59. The first-order valence-corrected chi connectivity index (χ1v) is 6.86. The molecule has 1 atom stereocenters. The van der Waals surface area contributed by atoms with E-state index in [4.69, 9.17) is 0 Å². The van der Waals surface area contributed by atoms with Crippen LogP contribution < -0.4 is 5.32 Å². The Kier molecular flexibility index (Phi) is 5.88. The van der Waals surface area contributed by atoms with Crippen LogP contribution in [0.3, 0.4) is 0 Å². The minimum atomic E-state index is 0.776. The average Bonchev–Trinajstić information content (AvgIpc) is 2.19. The van der Waals surface area contributed by atoms with E-state index in [2.05, 4.69) is 30.9 Å². The first kappa shape index (κ1) is 11.4. The van der Waals surface area contributed by atoms with E-state index in [9.17, 15) is 0 Å². The lowest BCUT2D eigenvalue weighted by Crippen LogP contribution is -2.40. The molecule has 0 bridgehead atoms. The molecule has 0 radical (unpaired) electrons. The van der Waals surface area contributed by atoms with E-state index in [0.29, 0.717) is 0 Å². The summed E-state index contributed by atoms with van der Waals surface area (Å²) in [5.74, 6) is 2.72. The highest BCUT2D eigenvalue weighted by molar-refractivity contribution is 7.99. The summed E-state index contributed by atoms with van der Waals surface area (Å²) in [5.41, 5.74) is 0. The standard InChI is InChI=1S/C11H23NS/c1-3-5-10(4-2)12-11-6-8-13-9-7-11/h10-12H,3-9H2,1-2H3. The summed E-state index contributed by atoms with van der Waals surface area (Å²) in [5, 5.41) is 3.79. The van der Waals surface area contributed by atoms with Gasteiger partial charge in [-0.25, -0.2) is 0 Å². The normalized spacial score (nSPS) is 21.7. The van der Waals surface area contributed by atoms with E-state index in [1.54, 1.807) is 0 Å². The summed E-state index contributed by atoms with van der Waals surface area (Å²) in [6.45, 7) is 4.58. The second-order valence-corrected chi connectivity index (χ2v) is 5.17. The lowest BCUT2D eigenvalue weighted by atomic mass is 10.1. The Balaban J connectivity index is 2.18. The van der Waals surface area contributed by atoms with Crippen molar-refractivity contribution in [2.45, 2.75) is 58.0 Å². The van der Waals surface area contributed by atoms with E-state index in [1.807, 2.05) is 0 Å². The third kappa shape index (κ3) is 4.37. The van der Waals surface area contributed by atoms with E-state index in [-0.39, 0.29) is 0 Å². The number of thioether (sulfide) groups is 1. The van der Waals surface area contributed by atoms with Crippen LogP contribution in [0.2, 0.25) is 0 Å². The Morgan fingerprint density at radius 3 is 2.54 bits per heavy atom. The highest BCUT2D eigenvalue weighted by atomic mass is 32.2. The van der Waals surface area contributed by atoms with Crippen LogP contribution in [0.5, 0.6) is 0 Å². The first-order valence-electron chi connectivity index (χ1n) is 5.70. The summed E-state index contributed by atoms with van der Waals surface area (Å²) in [6.07, 6.45) is 6.71. The highest BCUT2D eigenvalue weighted by Crippen LogP contribution is 2.18. The molecular weight excluding hydrogens is 178 g/mol. The minimum Gasteiger partial charge on any atom is -0.311 e. The average molecular weight is 201 g/mol. The predicted molar refractivity (Wildman–Crippen MR) is 62.5 cm³/mol. The number of hydrogen-bond donors (Lipinski definition) is 1. The largest absolute Gasteiger partial charge is 0.311 e. The molecule has 1 nitrogen and oxygen atoms in total. The van der Waals surface area contributed by atoms with Gasteiger partial charge in [-0.3, -0.25) is 0 Å². The molecule has 0 spiro atoms. The summed E-state index contributed by atoms with van der Waals surface area (Å²) in [4.78, 5) is 0. The molecule has 0 aromatic rings. The van der Waals surface area contributed by atoms with Crippen molar-refractivity contribution in [3.05, 3.63) is 0 Å². The fraction of sp³-hybridized carbons (Fsp3) is 1.00. The molecule has 1 N–H and O–H groups in total. The molecule has 0 aromatic carbocycles. The van der Waals surface area contributed by atoms with Gasteiger partial charge in [-0.2, -0.15) is 11.8 Å². The van der Waals surface area contributed by atoms with Gasteiger partial charge < -0.3 is 5.32 Å². The van der Waals surface area contributed by atoms with Crippen molar-refractivity contribution in [1.29, 1.82) is 0 Å². The molecule has 1 heterocycles. The highest BCUT2D eigenvalue weighted by Gasteiger charge is 2.16. The molecule has 2 heteroatoms. The summed E-state index contributed by atoms with van der Waals surface area (Å²) < 4.78 is 0. The fourth-order valence-electron chi connectivity index (χ4n) is 1.95. The zero-order valence-electron chi connectivity index (χ0n) is 9.01. The van der Waals surface area contributed by atoms with Gasteiger partial charge in [0.2, 0.25) is 0 Å². The van der Waals surface area contributed by atoms with E-state index in [0.717, 1.165) is 12.1 Å². The molecule has 0 saturated carbocycles. The predicted octanol–water partition coefficient (Wildman–Crippen LogP) is 3.05. The van der Waals surface area contributed by atoms with Crippen LogP contribution >= 0.6 is 11.8 Å². The zero-order chi connectivity index (χ0) is 9.52. The van der Waals surface area contributed by atoms with Gasteiger partial charge in [0, 0.05) is 12.1 Å². The van der Waals surface area contributed by atoms with E-state index in [1.165, 1.54) is 43.6 Å². The van der Waals surface area contributed by atoms with Gasteiger partial charge in [0.25, 0.3) is 0 Å². The maximum absolute atomic E-state index is 3.79. The quantitative estimate of drug-likeness (QED) is 0.734. The Morgan fingerprint density at radius 1 is 1.31 bits per heavy atom. The summed E-state index contributed by atoms with van der Waals surface area (Å²) in [7, 11) is 0. The number of rotatable bonds is 5. The van der Waals surface area contributed by atoms with Crippen LogP contribution in [0.1, 0.15) is 46.0 Å². The second-order valence-electron chi connectivity index (χ2n) is 3.95. The van der Waals surface area contributed by atoms with Crippen molar-refractivity contribution in [2.75, 3.05) is 11.5 Å². The second kappa shape index (κ2) is 6.72. The minimum absolute atomic E-state index is 0.776. The van der Waals surface area contributed by atoms with Gasteiger partial charge in [0.1, 0.15) is 0 Å². The Hall–Kier alpha value is 0.310. The molecule has 1 unspecified atom stereocenters. The van der Waals surface area contributed by atoms with Crippen molar-refractivity contribution >= 4 is 11.8 Å². The lowest BCUT2D eigenvalue weighted by Gasteiger charge is -2.27. The van der Waals surface area contributed by atoms with Gasteiger partial charge in [-0.15, -0.1) is 0 Å². The van der Waals surface area contributed by atoms with Crippen molar-refractivity contribution in [3.8, 4) is 0 Å². The molecule has 0 amide bonds. The fourth-order valence-corrected chi connectivity index (χ4v) is 3.06. The maximum atomic E-state index is 3.79. The van der Waals surface area contributed by atoms with Crippen LogP contribution in [-0.2, 0) is 0 Å². The van der Waals surface area contributed by atoms with Crippen molar-refractivity contribution < 1.29 is 0 Å². The third-order valence-corrected chi connectivity index (χ3v) is 3.87. The molecule has 1 rings (SSSR count). The first-order chi connectivity index (χ1) is 6.36.